The Kier molecular flexibility index (Phi) is 3.30. The minimum Gasteiger partial charge on any atom is -0.446 e. The lowest BCUT2D eigenvalue weighted by molar-refractivity contribution is -0.386. The van der Waals surface area contributed by atoms with Crippen molar-refractivity contribution in [3.8, 4) is 5.75 Å². The van der Waals surface area contributed by atoms with Crippen LogP contribution in [0.4, 0.5) is 11.4 Å². The molecule has 24 heavy (non-hydrogen) atoms. The number of anilines is 1. The van der Waals surface area contributed by atoms with E-state index < -0.39 is 9.98 Å². The normalized spacial score (nSPS) is 21.1. The molecule has 0 bridgehead atoms. The maximum atomic E-state index is 11.4. The van der Waals surface area contributed by atoms with E-state index in [9.17, 15) is 10.1 Å². The Morgan fingerprint density at radius 1 is 1.33 bits per heavy atom. The van der Waals surface area contributed by atoms with Crippen molar-refractivity contribution in [2.45, 2.75) is 16.9 Å². The summed E-state index contributed by atoms with van der Waals surface area (Å²) >= 11 is 7.57. The first kappa shape index (κ1) is 15.4. The highest BCUT2D eigenvalue weighted by molar-refractivity contribution is 8.01. The van der Waals surface area contributed by atoms with Crippen molar-refractivity contribution in [1.82, 2.24) is 0 Å². The molecular formula is C17H13ClN2O3S. The third kappa shape index (κ3) is 2.03. The molecule has 7 heteroatoms. The molecule has 0 N–H and O–H groups in total. The fourth-order valence-corrected chi connectivity index (χ4v) is 4.68. The van der Waals surface area contributed by atoms with Gasteiger partial charge in [-0.2, -0.15) is 0 Å². The second kappa shape index (κ2) is 5.16. The van der Waals surface area contributed by atoms with Gasteiger partial charge in [0, 0.05) is 34.2 Å². The Bertz CT molecular complexity index is 915. The van der Waals surface area contributed by atoms with Gasteiger partial charge >= 0.3 is 5.69 Å². The Hall–Kier alpha value is -2.18. The average molecular weight is 361 g/mol. The first-order chi connectivity index (χ1) is 11.4. The van der Waals surface area contributed by atoms with Gasteiger partial charge in [-0.05, 0) is 43.0 Å². The number of thioether (sulfide) groups is 1. The predicted molar refractivity (Wildman–Crippen MR) is 95.8 cm³/mol. The molecule has 0 aliphatic carbocycles. The van der Waals surface area contributed by atoms with Gasteiger partial charge in [-0.1, -0.05) is 23.7 Å². The third-order valence-corrected chi connectivity index (χ3v) is 6.03. The first-order valence-electron chi connectivity index (χ1n) is 7.30. The van der Waals surface area contributed by atoms with Gasteiger partial charge < -0.3 is 9.64 Å². The summed E-state index contributed by atoms with van der Waals surface area (Å²) < 4.78 is 6.26. The van der Waals surface area contributed by atoms with Crippen molar-refractivity contribution >= 4 is 40.8 Å². The van der Waals surface area contributed by atoms with Crippen molar-refractivity contribution in [1.29, 1.82) is 0 Å². The van der Waals surface area contributed by atoms with Crippen LogP contribution in [0.5, 0.6) is 5.75 Å². The number of hydrogen-bond donors (Lipinski definition) is 0. The highest BCUT2D eigenvalue weighted by atomic mass is 35.5. The molecule has 2 heterocycles. The van der Waals surface area contributed by atoms with Gasteiger partial charge in [0.05, 0.1) is 10.6 Å². The number of halogens is 1. The number of nitro groups is 1. The fourth-order valence-electron chi connectivity index (χ4n) is 3.13. The molecule has 2 aliphatic heterocycles. The Balaban J connectivity index is 1.89. The van der Waals surface area contributed by atoms with Gasteiger partial charge in [0.1, 0.15) is 0 Å². The van der Waals surface area contributed by atoms with Crippen LogP contribution in [0.15, 0.2) is 46.9 Å². The van der Waals surface area contributed by atoms with E-state index >= 15 is 0 Å². The summed E-state index contributed by atoms with van der Waals surface area (Å²) in [5.41, 5.74) is 2.50. The fraction of sp³-hybridized carbons (Fsp3) is 0.176. The summed E-state index contributed by atoms with van der Waals surface area (Å²) in [5.74, 6) is 0.252. The van der Waals surface area contributed by atoms with E-state index in [2.05, 4.69) is 0 Å². The van der Waals surface area contributed by atoms with E-state index in [0.717, 1.165) is 16.2 Å². The molecule has 0 saturated heterocycles. The summed E-state index contributed by atoms with van der Waals surface area (Å²) in [4.78, 5) is 14.1. The summed E-state index contributed by atoms with van der Waals surface area (Å²) in [6.07, 6.45) is 1.91. The molecule has 0 fully saturated rings. The number of ether oxygens (including phenoxy) is 1. The maximum absolute atomic E-state index is 11.4. The summed E-state index contributed by atoms with van der Waals surface area (Å²) in [5, 5.41) is 10.9. The zero-order valence-corrected chi connectivity index (χ0v) is 14.5. The Morgan fingerprint density at radius 3 is 2.79 bits per heavy atom. The number of rotatable bonds is 1. The van der Waals surface area contributed by atoms with Crippen molar-refractivity contribution in [2.24, 2.45) is 0 Å². The van der Waals surface area contributed by atoms with Crippen molar-refractivity contribution in [3.05, 3.63) is 62.7 Å². The minimum atomic E-state index is -0.824. The molecule has 2 aromatic carbocycles. The molecule has 1 atom stereocenters. The quantitative estimate of drug-likeness (QED) is 0.532. The number of likely N-dealkylation sites (N-methyl/N-ethyl adjacent to an activating group) is 1. The summed E-state index contributed by atoms with van der Waals surface area (Å²) in [6, 6.07) is 11.0. The van der Waals surface area contributed by atoms with E-state index in [1.807, 2.05) is 49.2 Å². The first-order valence-corrected chi connectivity index (χ1v) is 8.49. The molecule has 0 saturated carbocycles. The maximum Gasteiger partial charge on any atom is 0.313 e. The molecular weight excluding hydrogens is 348 g/mol. The zero-order chi connectivity index (χ0) is 17.1. The molecule has 4 rings (SSSR count). The van der Waals surface area contributed by atoms with Gasteiger partial charge in [0.25, 0.3) is 5.06 Å². The van der Waals surface area contributed by atoms with Crippen LogP contribution in [-0.2, 0) is 0 Å². The lowest BCUT2D eigenvalue weighted by Crippen LogP contribution is -2.48. The van der Waals surface area contributed by atoms with Crippen LogP contribution in [0.2, 0.25) is 5.02 Å². The third-order valence-electron chi connectivity index (χ3n) is 4.29. The van der Waals surface area contributed by atoms with Crippen molar-refractivity contribution in [3.63, 3.8) is 0 Å². The molecule has 122 valence electrons. The molecule has 5 nitrogen and oxygen atoms in total. The second-order valence-corrected chi connectivity index (χ2v) is 7.37. The minimum absolute atomic E-state index is 0.120. The number of hydrogen-bond acceptors (Lipinski definition) is 5. The lowest BCUT2D eigenvalue weighted by atomic mass is 10.0. The molecule has 1 unspecified atom stereocenters. The van der Waals surface area contributed by atoms with Crippen molar-refractivity contribution < 1.29 is 9.66 Å². The van der Waals surface area contributed by atoms with Gasteiger partial charge in [0.2, 0.25) is 5.75 Å². The molecule has 1 spiro atoms. The van der Waals surface area contributed by atoms with Gasteiger partial charge in [0.15, 0.2) is 0 Å². The number of nitrogens with zero attached hydrogens (tertiary/aromatic N) is 2. The second-order valence-electron chi connectivity index (χ2n) is 5.74. The molecule has 0 aromatic heterocycles. The summed E-state index contributed by atoms with van der Waals surface area (Å²) in [7, 11) is 1.93. The molecule has 2 aliphatic rings. The van der Waals surface area contributed by atoms with E-state index in [1.165, 1.54) is 6.07 Å². The highest BCUT2D eigenvalue weighted by Gasteiger charge is 2.50. The zero-order valence-electron chi connectivity index (χ0n) is 12.9. The largest absolute Gasteiger partial charge is 0.446 e. The molecule has 2 aromatic rings. The van der Waals surface area contributed by atoms with Gasteiger partial charge in [-0.3, -0.25) is 10.1 Å². The van der Waals surface area contributed by atoms with Crippen LogP contribution in [0.1, 0.15) is 12.5 Å². The van der Waals surface area contributed by atoms with E-state index in [0.29, 0.717) is 10.6 Å². The van der Waals surface area contributed by atoms with Crippen molar-refractivity contribution in [2.75, 3.05) is 11.9 Å². The van der Waals surface area contributed by atoms with Crippen LogP contribution in [-0.4, -0.2) is 17.0 Å². The monoisotopic (exact) mass is 360 g/mol. The molecule has 0 amide bonds. The van der Waals surface area contributed by atoms with E-state index in [-0.39, 0.29) is 11.4 Å². The van der Waals surface area contributed by atoms with E-state index in [1.54, 1.807) is 17.8 Å². The number of para-hydroxylation sites is 1. The smallest absolute Gasteiger partial charge is 0.313 e. The van der Waals surface area contributed by atoms with Crippen LogP contribution >= 0.6 is 23.4 Å². The van der Waals surface area contributed by atoms with Crippen LogP contribution in [0.25, 0.3) is 6.08 Å². The van der Waals surface area contributed by atoms with Gasteiger partial charge in [-0.15, -0.1) is 0 Å². The standard InChI is InChI=1S/C17H13ClN2O3S/c1-10-7-11-8-12(18)9-14(20(21)22)16(11)23-17(10)19(2)13-5-3-4-6-15(13)24-17/h3-9H,1-2H3. The number of fused-ring (bicyclic) bond motifs is 2. The molecule has 0 radical (unpaired) electrons. The van der Waals surface area contributed by atoms with Crippen LogP contribution in [0, 0.1) is 10.1 Å². The predicted octanol–water partition coefficient (Wildman–Crippen LogP) is 4.94. The number of benzene rings is 2. The Labute approximate surface area is 148 Å². The summed E-state index contributed by atoms with van der Waals surface area (Å²) in [6.45, 7) is 1.96. The lowest BCUT2D eigenvalue weighted by Gasteiger charge is -2.40. The Morgan fingerprint density at radius 2 is 2.08 bits per heavy atom. The topological polar surface area (TPSA) is 55.6 Å². The number of nitro benzene ring substituents is 1. The van der Waals surface area contributed by atoms with Crippen LogP contribution in [0.3, 0.4) is 0 Å². The average Bonchev–Trinajstić information content (AvgIpc) is 2.82. The highest BCUT2D eigenvalue weighted by Crippen LogP contribution is 2.56. The van der Waals surface area contributed by atoms with Gasteiger partial charge in [-0.25, -0.2) is 0 Å². The SMILES string of the molecule is CC1=Cc2cc(Cl)cc([N+](=O)[O-])c2OC12Sc1ccccc1N2C. The van der Waals surface area contributed by atoms with Crippen LogP contribution < -0.4 is 9.64 Å². The van der Waals surface area contributed by atoms with E-state index in [4.69, 9.17) is 16.3 Å².